The second-order valence-corrected chi connectivity index (χ2v) is 8.33. The Bertz CT molecular complexity index is 746. The number of esters is 1. The lowest BCUT2D eigenvalue weighted by Gasteiger charge is -2.44. The lowest BCUT2D eigenvalue weighted by Crippen LogP contribution is -2.48. The van der Waals surface area contributed by atoms with Gasteiger partial charge in [-0.25, -0.2) is 4.79 Å². The van der Waals surface area contributed by atoms with E-state index in [2.05, 4.69) is 0 Å². The molecule has 27 heavy (non-hydrogen) atoms. The second-order valence-electron chi connectivity index (χ2n) is 8.33. The van der Waals surface area contributed by atoms with Crippen molar-refractivity contribution in [2.75, 3.05) is 7.11 Å². The molecule has 3 aliphatic rings. The largest absolute Gasteiger partial charge is 0.483 e. The van der Waals surface area contributed by atoms with E-state index in [-0.39, 0.29) is 36.7 Å². The van der Waals surface area contributed by atoms with Crippen molar-refractivity contribution >= 4 is 17.5 Å². The van der Waals surface area contributed by atoms with Crippen LogP contribution in [0, 0.1) is 11.8 Å². The second kappa shape index (κ2) is 6.89. The normalized spacial score (nSPS) is 36.1. The zero-order chi connectivity index (χ0) is 20.0. The molecule has 6 heteroatoms. The molecule has 0 radical (unpaired) electrons. The topological polar surface area (TPSA) is 89.9 Å². The molecule has 0 spiro atoms. The molecule has 0 aromatic carbocycles. The van der Waals surface area contributed by atoms with Gasteiger partial charge >= 0.3 is 5.97 Å². The maximum Gasteiger partial charge on any atom is 0.333 e. The van der Waals surface area contributed by atoms with E-state index in [0.717, 1.165) is 0 Å². The third kappa shape index (κ3) is 3.24. The fraction of sp³-hybridized carbons (Fsp3) is 0.667. The van der Waals surface area contributed by atoms with Crippen LogP contribution in [0.4, 0.5) is 0 Å². The number of rotatable bonds is 2. The van der Waals surface area contributed by atoms with Crippen molar-refractivity contribution in [3.05, 3.63) is 23.0 Å². The Morgan fingerprint density at radius 2 is 1.93 bits per heavy atom. The molecule has 3 rings (SSSR count). The lowest BCUT2D eigenvalue weighted by molar-refractivity contribution is -0.142. The summed E-state index contributed by atoms with van der Waals surface area (Å²) in [5.74, 6) is -1.13. The maximum atomic E-state index is 12.9. The number of hydrogen-bond donors (Lipinski definition) is 1. The van der Waals surface area contributed by atoms with Gasteiger partial charge in [-0.3, -0.25) is 9.59 Å². The summed E-state index contributed by atoms with van der Waals surface area (Å²) >= 11 is 0. The molecule has 0 aromatic heterocycles. The minimum Gasteiger partial charge on any atom is -0.483 e. The zero-order valence-electron chi connectivity index (χ0n) is 16.5. The predicted octanol–water partition coefficient (Wildman–Crippen LogP) is 2.64. The van der Waals surface area contributed by atoms with Crippen LogP contribution in [0.3, 0.4) is 0 Å². The van der Waals surface area contributed by atoms with Gasteiger partial charge in [-0.15, -0.1) is 0 Å². The summed E-state index contributed by atoms with van der Waals surface area (Å²) in [5.41, 5.74) is -1.41. The molecule has 1 N–H and O–H groups in total. The van der Waals surface area contributed by atoms with Crippen LogP contribution in [0.1, 0.15) is 59.3 Å². The van der Waals surface area contributed by atoms with E-state index in [1.54, 1.807) is 13.0 Å². The van der Waals surface area contributed by atoms with E-state index in [1.807, 2.05) is 13.8 Å². The van der Waals surface area contributed by atoms with Crippen LogP contribution >= 0.6 is 0 Å². The first kappa shape index (κ1) is 19.8. The number of hydrogen-bond acceptors (Lipinski definition) is 6. The Kier molecular flexibility index (Phi) is 5.06. The van der Waals surface area contributed by atoms with E-state index < -0.39 is 23.1 Å². The molecule has 0 saturated heterocycles. The van der Waals surface area contributed by atoms with Crippen molar-refractivity contribution < 1.29 is 29.0 Å². The van der Waals surface area contributed by atoms with E-state index >= 15 is 0 Å². The van der Waals surface area contributed by atoms with Crippen molar-refractivity contribution in [3.8, 4) is 0 Å². The molecule has 1 aliphatic carbocycles. The van der Waals surface area contributed by atoms with E-state index in [4.69, 9.17) is 9.47 Å². The van der Waals surface area contributed by atoms with Gasteiger partial charge in [0.2, 0.25) is 0 Å². The molecule has 0 unspecified atom stereocenters. The van der Waals surface area contributed by atoms with Crippen molar-refractivity contribution in [2.24, 2.45) is 11.8 Å². The van der Waals surface area contributed by atoms with Crippen molar-refractivity contribution in [3.63, 3.8) is 0 Å². The molecule has 0 aromatic rings. The summed E-state index contributed by atoms with van der Waals surface area (Å²) in [5, 5.41) is 11.5. The van der Waals surface area contributed by atoms with Crippen LogP contribution in [0.5, 0.6) is 0 Å². The first-order valence-electron chi connectivity index (χ1n) is 9.62. The van der Waals surface area contributed by atoms with Crippen LogP contribution in [0.2, 0.25) is 0 Å². The number of Topliss-reactive ketones (excluding diaryl/α,β-unsaturated/α-hetero) is 2. The average Bonchev–Trinajstić information content (AvgIpc) is 2.72. The monoisotopic (exact) mass is 376 g/mol. The summed E-state index contributed by atoms with van der Waals surface area (Å²) in [6, 6.07) is 0. The van der Waals surface area contributed by atoms with Gasteiger partial charge in [0.05, 0.1) is 18.6 Å². The third-order valence-corrected chi connectivity index (χ3v) is 6.42. The number of methoxy groups -OCH3 is 1. The molecule has 2 aliphatic heterocycles. The number of carbonyl (C=O) groups excluding carboxylic acids is 3. The fourth-order valence-electron chi connectivity index (χ4n) is 4.38. The summed E-state index contributed by atoms with van der Waals surface area (Å²) in [7, 11) is 1.29. The molecule has 2 bridgehead atoms. The van der Waals surface area contributed by atoms with Gasteiger partial charge in [0.25, 0.3) is 0 Å². The predicted molar refractivity (Wildman–Crippen MR) is 97.6 cm³/mol. The molecule has 148 valence electrons. The maximum absolute atomic E-state index is 12.9. The van der Waals surface area contributed by atoms with Gasteiger partial charge < -0.3 is 14.6 Å². The fourth-order valence-corrected chi connectivity index (χ4v) is 4.38. The van der Waals surface area contributed by atoms with Gasteiger partial charge in [-0.05, 0) is 32.1 Å². The Hall–Kier alpha value is -1.95. The van der Waals surface area contributed by atoms with Crippen LogP contribution in [0.25, 0.3) is 0 Å². The van der Waals surface area contributed by atoms with Gasteiger partial charge in [-0.1, -0.05) is 19.9 Å². The highest BCUT2D eigenvalue weighted by Crippen LogP contribution is 2.48. The highest BCUT2D eigenvalue weighted by Gasteiger charge is 2.51. The molecule has 3 atom stereocenters. The molecular formula is C21H28O6. The highest BCUT2D eigenvalue weighted by atomic mass is 16.5. The van der Waals surface area contributed by atoms with Crippen LogP contribution < -0.4 is 0 Å². The molecule has 0 amide bonds. The average molecular weight is 376 g/mol. The minimum atomic E-state index is -1.17. The van der Waals surface area contributed by atoms with Crippen molar-refractivity contribution in [1.82, 2.24) is 0 Å². The first-order valence-corrected chi connectivity index (χ1v) is 9.62. The van der Waals surface area contributed by atoms with Gasteiger partial charge in [0, 0.05) is 30.4 Å². The van der Waals surface area contributed by atoms with Gasteiger partial charge in [0.1, 0.15) is 5.76 Å². The van der Waals surface area contributed by atoms with Crippen LogP contribution in [-0.2, 0) is 23.9 Å². The molecule has 6 nitrogen and oxygen atoms in total. The van der Waals surface area contributed by atoms with E-state index in [1.165, 1.54) is 7.11 Å². The molecule has 0 fully saturated rings. The number of aliphatic hydroxyl groups is 1. The Balaban J connectivity index is 2.25. The number of allylic oxidation sites excluding steroid dienone is 1. The number of ketones is 2. The van der Waals surface area contributed by atoms with E-state index in [0.29, 0.717) is 36.2 Å². The summed E-state index contributed by atoms with van der Waals surface area (Å²) in [6.07, 6.45) is 3.38. The number of ether oxygens (including phenoxy) is 2. The SMILES string of the molecule is COC(=O)/C1=C/[C@H]2C3=C(CC[C@@]2(O)C(C)C)C(=O)CC[C@@](C)(O3)C(=O)CC1. The standard InChI is InChI=1S/C21H28O6/c1-12(2)21(25)10-7-14-16(22)8-9-20(3)17(23)6-5-13(19(24)26-4)11-15(21)18(14)27-20/h11-12,15,25H,5-10H2,1-4H3/b13-11+/t15-,20+,21+/m0/s1. The smallest absolute Gasteiger partial charge is 0.333 e. The zero-order valence-corrected chi connectivity index (χ0v) is 16.5. The Morgan fingerprint density at radius 1 is 1.22 bits per heavy atom. The number of carbonyl (C=O) groups is 3. The van der Waals surface area contributed by atoms with Crippen LogP contribution in [-0.4, -0.2) is 41.0 Å². The summed E-state index contributed by atoms with van der Waals surface area (Å²) in [6.45, 7) is 5.53. The van der Waals surface area contributed by atoms with Crippen molar-refractivity contribution in [1.29, 1.82) is 0 Å². The molecular weight excluding hydrogens is 348 g/mol. The molecule has 0 saturated carbocycles. The van der Waals surface area contributed by atoms with Crippen LogP contribution in [0.15, 0.2) is 23.0 Å². The van der Waals surface area contributed by atoms with Gasteiger partial charge in [0.15, 0.2) is 17.2 Å². The molecule has 2 heterocycles. The Morgan fingerprint density at radius 3 is 2.56 bits per heavy atom. The third-order valence-electron chi connectivity index (χ3n) is 6.42. The highest BCUT2D eigenvalue weighted by molar-refractivity contribution is 5.98. The minimum absolute atomic E-state index is 0.0362. The van der Waals surface area contributed by atoms with E-state index in [9.17, 15) is 19.5 Å². The quantitative estimate of drug-likeness (QED) is 0.745. The summed E-state index contributed by atoms with van der Waals surface area (Å²) in [4.78, 5) is 37.9. The first-order chi connectivity index (χ1) is 12.6. The van der Waals surface area contributed by atoms with Gasteiger partial charge in [-0.2, -0.15) is 0 Å². The van der Waals surface area contributed by atoms with Crippen molar-refractivity contribution in [2.45, 2.75) is 70.5 Å². The lowest BCUT2D eigenvalue weighted by atomic mass is 9.68. The summed E-state index contributed by atoms with van der Waals surface area (Å²) < 4.78 is 11.1. The Labute approximate surface area is 159 Å². The number of fused-ring (bicyclic) bond motifs is 1.